The summed E-state index contributed by atoms with van der Waals surface area (Å²) < 4.78 is 0. The summed E-state index contributed by atoms with van der Waals surface area (Å²) in [4.78, 5) is 17.5. The van der Waals surface area contributed by atoms with E-state index in [9.17, 15) is 0 Å². The van der Waals surface area contributed by atoms with Gasteiger partial charge < -0.3 is 9.80 Å². The molecule has 1 aromatic heterocycles. The summed E-state index contributed by atoms with van der Waals surface area (Å²) in [5.74, 6) is 1.48. The van der Waals surface area contributed by atoms with Gasteiger partial charge in [0.15, 0.2) is 0 Å². The summed E-state index contributed by atoms with van der Waals surface area (Å²) in [5.41, 5.74) is 0. The van der Waals surface area contributed by atoms with Crippen LogP contribution in [-0.4, -0.2) is 40.6 Å². The molecule has 0 bridgehead atoms. The predicted octanol–water partition coefficient (Wildman–Crippen LogP) is 2.11. The van der Waals surface area contributed by atoms with Crippen molar-refractivity contribution in [3.05, 3.63) is 5.28 Å². The molecule has 2 aliphatic heterocycles. The first-order valence-electron chi connectivity index (χ1n) is 6.67. The van der Waals surface area contributed by atoms with Crippen LogP contribution in [0.5, 0.6) is 0 Å². The van der Waals surface area contributed by atoms with E-state index in [1.165, 1.54) is 25.7 Å². The van der Waals surface area contributed by atoms with Crippen LogP contribution in [0.2, 0.25) is 5.28 Å². The second-order valence-corrected chi connectivity index (χ2v) is 5.42. The number of nitrogens with zero attached hydrogens (tertiary/aromatic N) is 5. The molecule has 0 saturated carbocycles. The molecule has 0 amide bonds. The molecule has 0 N–H and O–H groups in total. The third-order valence-electron chi connectivity index (χ3n) is 3.78. The Kier molecular flexibility index (Phi) is 3.24. The maximum atomic E-state index is 6.04. The van der Waals surface area contributed by atoms with Crippen LogP contribution in [0.15, 0.2) is 0 Å². The van der Waals surface area contributed by atoms with Gasteiger partial charge in [-0.15, -0.1) is 0 Å². The molecule has 6 heteroatoms. The highest BCUT2D eigenvalue weighted by atomic mass is 35.5. The Bertz CT molecular complexity index is 432. The van der Waals surface area contributed by atoms with Gasteiger partial charge in [-0.1, -0.05) is 0 Å². The topological polar surface area (TPSA) is 45.2 Å². The van der Waals surface area contributed by atoms with Crippen LogP contribution in [0.1, 0.15) is 32.6 Å². The maximum absolute atomic E-state index is 6.04. The Morgan fingerprint density at radius 3 is 2.39 bits per heavy atom. The second-order valence-electron chi connectivity index (χ2n) is 5.08. The second kappa shape index (κ2) is 4.88. The summed E-state index contributed by atoms with van der Waals surface area (Å²) in [6, 6.07) is 0.495. The van der Waals surface area contributed by atoms with Crippen LogP contribution in [0.4, 0.5) is 11.9 Å². The lowest BCUT2D eigenvalue weighted by Crippen LogP contribution is -2.30. The Hall–Kier alpha value is -1.10. The van der Waals surface area contributed by atoms with Gasteiger partial charge in [0.05, 0.1) is 0 Å². The quantitative estimate of drug-likeness (QED) is 0.821. The predicted molar refractivity (Wildman–Crippen MR) is 72.3 cm³/mol. The Labute approximate surface area is 112 Å². The maximum Gasteiger partial charge on any atom is 0.231 e. The Balaban J connectivity index is 1.90. The molecule has 0 spiro atoms. The minimum Gasteiger partial charge on any atom is -0.341 e. The van der Waals surface area contributed by atoms with Crippen molar-refractivity contribution < 1.29 is 0 Å². The van der Waals surface area contributed by atoms with Gasteiger partial charge in [0.25, 0.3) is 0 Å². The van der Waals surface area contributed by atoms with E-state index in [1.807, 2.05) is 0 Å². The van der Waals surface area contributed by atoms with Crippen molar-refractivity contribution in [1.82, 2.24) is 15.0 Å². The lowest BCUT2D eigenvalue weighted by atomic mass is 10.2. The summed E-state index contributed by atoms with van der Waals surface area (Å²) >= 11 is 6.04. The molecule has 0 aromatic carbocycles. The monoisotopic (exact) mass is 267 g/mol. The van der Waals surface area contributed by atoms with Crippen molar-refractivity contribution in [3.63, 3.8) is 0 Å². The first kappa shape index (κ1) is 12.0. The Morgan fingerprint density at radius 1 is 1.00 bits per heavy atom. The van der Waals surface area contributed by atoms with Crippen molar-refractivity contribution >= 4 is 23.5 Å². The molecular formula is C12H18ClN5. The van der Waals surface area contributed by atoms with Gasteiger partial charge in [0.2, 0.25) is 17.2 Å². The van der Waals surface area contributed by atoms with Gasteiger partial charge in [-0.3, -0.25) is 0 Å². The van der Waals surface area contributed by atoms with Gasteiger partial charge in [-0.2, -0.15) is 15.0 Å². The van der Waals surface area contributed by atoms with Crippen LogP contribution in [0.25, 0.3) is 0 Å². The molecule has 0 aliphatic carbocycles. The zero-order valence-corrected chi connectivity index (χ0v) is 11.4. The van der Waals surface area contributed by atoms with E-state index >= 15 is 0 Å². The SMILES string of the molecule is CC1CCCN1c1nc(Cl)nc(N2CCCC2)n1. The number of hydrogen-bond acceptors (Lipinski definition) is 5. The molecule has 2 aliphatic rings. The van der Waals surface area contributed by atoms with Crippen LogP contribution < -0.4 is 9.80 Å². The smallest absolute Gasteiger partial charge is 0.231 e. The molecule has 0 radical (unpaired) electrons. The number of hydrogen-bond donors (Lipinski definition) is 0. The van der Waals surface area contributed by atoms with Gasteiger partial charge in [0, 0.05) is 25.7 Å². The largest absolute Gasteiger partial charge is 0.341 e. The van der Waals surface area contributed by atoms with E-state index in [0.717, 1.165) is 31.5 Å². The normalized spacial score (nSPS) is 24.0. The fourth-order valence-corrected chi connectivity index (χ4v) is 2.90. The third kappa shape index (κ3) is 2.23. The number of rotatable bonds is 2. The standard InChI is InChI=1S/C12H18ClN5/c1-9-5-4-8-18(9)12-15-10(13)14-11(16-12)17-6-2-3-7-17/h9H,2-8H2,1H3. The molecule has 5 nitrogen and oxygen atoms in total. The van der Waals surface area contributed by atoms with Crippen molar-refractivity contribution in [2.45, 2.75) is 38.6 Å². The third-order valence-corrected chi connectivity index (χ3v) is 3.95. The highest BCUT2D eigenvalue weighted by Gasteiger charge is 2.25. The minimum atomic E-state index is 0.306. The van der Waals surface area contributed by atoms with Crippen LogP contribution >= 0.6 is 11.6 Å². The van der Waals surface area contributed by atoms with E-state index in [-0.39, 0.29) is 0 Å². The van der Waals surface area contributed by atoms with E-state index in [0.29, 0.717) is 11.3 Å². The summed E-state index contributed by atoms with van der Waals surface area (Å²) in [6.45, 7) is 5.27. The lowest BCUT2D eigenvalue weighted by molar-refractivity contribution is 0.711. The zero-order valence-electron chi connectivity index (χ0n) is 10.6. The van der Waals surface area contributed by atoms with Crippen LogP contribution in [-0.2, 0) is 0 Å². The molecule has 2 saturated heterocycles. The molecule has 1 atom stereocenters. The summed E-state index contributed by atoms with van der Waals surface area (Å²) in [7, 11) is 0. The molecule has 2 fully saturated rings. The van der Waals surface area contributed by atoms with E-state index in [2.05, 4.69) is 31.7 Å². The van der Waals surface area contributed by atoms with Crippen molar-refractivity contribution in [2.24, 2.45) is 0 Å². The molecule has 18 heavy (non-hydrogen) atoms. The first-order chi connectivity index (χ1) is 8.74. The summed E-state index contributed by atoms with van der Waals surface area (Å²) in [5, 5.41) is 0.306. The van der Waals surface area contributed by atoms with Crippen molar-refractivity contribution in [3.8, 4) is 0 Å². The number of halogens is 1. The molecule has 3 rings (SSSR count). The molecule has 1 aromatic rings. The number of anilines is 2. The molecule has 1 unspecified atom stereocenters. The average molecular weight is 268 g/mol. The fourth-order valence-electron chi connectivity index (χ4n) is 2.75. The van der Waals surface area contributed by atoms with Gasteiger partial charge in [-0.25, -0.2) is 0 Å². The van der Waals surface area contributed by atoms with Crippen molar-refractivity contribution in [2.75, 3.05) is 29.4 Å². The Morgan fingerprint density at radius 2 is 1.72 bits per heavy atom. The van der Waals surface area contributed by atoms with Gasteiger partial charge in [-0.05, 0) is 44.2 Å². The molecule has 3 heterocycles. The zero-order chi connectivity index (χ0) is 12.5. The van der Waals surface area contributed by atoms with Gasteiger partial charge in [0.1, 0.15) is 0 Å². The van der Waals surface area contributed by atoms with Crippen molar-refractivity contribution in [1.29, 1.82) is 0 Å². The van der Waals surface area contributed by atoms with Crippen LogP contribution in [0.3, 0.4) is 0 Å². The fraction of sp³-hybridized carbons (Fsp3) is 0.750. The highest BCUT2D eigenvalue weighted by Crippen LogP contribution is 2.25. The first-order valence-corrected chi connectivity index (χ1v) is 7.05. The lowest BCUT2D eigenvalue weighted by Gasteiger charge is -2.23. The van der Waals surface area contributed by atoms with E-state index < -0.39 is 0 Å². The minimum absolute atomic E-state index is 0.306. The van der Waals surface area contributed by atoms with E-state index in [1.54, 1.807) is 0 Å². The highest BCUT2D eigenvalue weighted by molar-refractivity contribution is 6.28. The van der Waals surface area contributed by atoms with E-state index in [4.69, 9.17) is 11.6 Å². The van der Waals surface area contributed by atoms with Crippen LogP contribution in [0, 0.1) is 0 Å². The summed E-state index contributed by atoms with van der Waals surface area (Å²) in [6.07, 6.45) is 4.81. The van der Waals surface area contributed by atoms with Gasteiger partial charge >= 0.3 is 0 Å². The molecule has 98 valence electrons. The molecular weight excluding hydrogens is 250 g/mol. The number of aromatic nitrogens is 3. The average Bonchev–Trinajstić information content (AvgIpc) is 2.98.